The summed E-state index contributed by atoms with van der Waals surface area (Å²) in [5.41, 5.74) is 1.04. The summed E-state index contributed by atoms with van der Waals surface area (Å²) in [6.07, 6.45) is 2.52. The van der Waals surface area contributed by atoms with Crippen LogP contribution in [0.4, 0.5) is 0 Å². The smallest absolute Gasteiger partial charge is 0.0385 e. The molecule has 0 radical (unpaired) electrons. The van der Waals surface area contributed by atoms with Crippen molar-refractivity contribution < 1.29 is 0 Å². The van der Waals surface area contributed by atoms with Crippen LogP contribution in [0.15, 0.2) is 0 Å². The summed E-state index contributed by atoms with van der Waals surface area (Å²) in [6, 6.07) is 0. The van der Waals surface area contributed by atoms with Gasteiger partial charge in [-0.25, -0.2) is 0 Å². The zero-order valence-electron chi connectivity index (χ0n) is 12.4. The van der Waals surface area contributed by atoms with E-state index in [2.05, 4.69) is 69.2 Å². The highest BCUT2D eigenvalue weighted by Crippen LogP contribution is 2.16. The monoisotopic (exact) mass is 202 g/mol. The predicted octanol–water partition coefficient (Wildman–Crippen LogP) is 5.91. The molecule has 0 heterocycles. The van der Waals surface area contributed by atoms with Gasteiger partial charge in [0, 0.05) is 0 Å². The van der Waals surface area contributed by atoms with Gasteiger partial charge in [-0.15, -0.1) is 0 Å². The van der Waals surface area contributed by atoms with E-state index in [4.69, 9.17) is 0 Å². The molecule has 0 aromatic carbocycles. The summed E-state index contributed by atoms with van der Waals surface area (Å²) in [4.78, 5) is 0. The first-order chi connectivity index (χ1) is 5.97. The minimum absolute atomic E-state index is 0.500. The van der Waals surface area contributed by atoms with Gasteiger partial charge in [-0.2, -0.15) is 0 Å². The molecule has 0 bridgehead atoms. The van der Waals surface area contributed by atoms with E-state index < -0.39 is 0 Å². The van der Waals surface area contributed by atoms with E-state index >= 15 is 0 Å². The fourth-order valence-electron chi connectivity index (χ4n) is 0. The predicted molar refractivity (Wildman–Crippen MR) is 70.8 cm³/mol. The molecule has 0 N–H and O–H groups in total. The summed E-state index contributed by atoms with van der Waals surface area (Å²) in [5, 5.41) is 0. The number of hydrogen-bond acceptors (Lipinski definition) is 0. The Bertz CT molecular complexity index is 81.6. The van der Waals surface area contributed by atoms with Gasteiger partial charge in [-0.3, -0.25) is 0 Å². The van der Waals surface area contributed by atoms with Crippen molar-refractivity contribution in [3.05, 3.63) is 0 Å². The molecule has 0 spiro atoms. The number of hydrogen-bond donors (Lipinski definition) is 0. The van der Waals surface area contributed by atoms with E-state index in [-0.39, 0.29) is 0 Å². The molecule has 0 atom stereocenters. The summed E-state index contributed by atoms with van der Waals surface area (Å²) >= 11 is 0. The lowest BCUT2D eigenvalue weighted by Gasteiger charge is -2.12. The zero-order valence-corrected chi connectivity index (χ0v) is 12.4. The molecular weight excluding hydrogens is 168 g/mol. The van der Waals surface area contributed by atoms with Crippen LogP contribution in [0, 0.1) is 10.8 Å². The molecule has 0 saturated carbocycles. The van der Waals surface area contributed by atoms with Gasteiger partial charge in [0.05, 0.1) is 0 Å². The van der Waals surface area contributed by atoms with Crippen LogP contribution < -0.4 is 0 Å². The Kier molecular flexibility index (Phi) is 13.3. The lowest BCUT2D eigenvalue weighted by molar-refractivity contribution is 0.398. The topological polar surface area (TPSA) is 0 Å². The lowest BCUT2D eigenvalue weighted by Crippen LogP contribution is -2.00. The molecule has 0 saturated heterocycles. The van der Waals surface area contributed by atoms with Crippen LogP contribution in [-0.4, -0.2) is 0 Å². The Morgan fingerprint density at radius 2 is 0.714 bits per heavy atom. The molecule has 0 aromatic heterocycles. The molecule has 0 amide bonds. The van der Waals surface area contributed by atoms with Gasteiger partial charge in [0.1, 0.15) is 0 Å². The van der Waals surface area contributed by atoms with E-state index in [0.717, 1.165) is 0 Å². The van der Waals surface area contributed by atoms with Gasteiger partial charge in [-0.1, -0.05) is 82.1 Å². The second-order valence-corrected chi connectivity index (χ2v) is 6.62. The van der Waals surface area contributed by atoms with Gasteiger partial charge in [0.15, 0.2) is 0 Å². The van der Waals surface area contributed by atoms with Crippen molar-refractivity contribution in [2.75, 3.05) is 0 Å². The second-order valence-electron chi connectivity index (χ2n) is 6.62. The van der Waals surface area contributed by atoms with Gasteiger partial charge in [0.25, 0.3) is 0 Å². The van der Waals surface area contributed by atoms with Crippen molar-refractivity contribution in [3.63, 3.8) is 0 Å². The third-order valence-electron chi connectivity index (χ3n) is 1.06. The molecule has 0 aliphatic heterocycles. The largest absolute Gasteiger partial charge is 0.0656 e. The summed E-state index contributed by atoms with van der Waals surface area (Å²) in [7, 11) is 0. The third-order valence-corrected chi connectivity index (χ3v) is 1.06. The molecule has 0 aromatic rings. The van der Waals surface area contributed by atoms with Crippen molar-refractivity contribution in [3.8, 4) is 0 Å². The first-order valence-corrected chi connectivity index (χ1v) is 5.97. The van der Waals surface area contributed by atoms with Crippen LogP contribution in [0.25, 0.3) is 0 Å². The first-order valence-electron chi connectivity index (χ1n) is 5.97. The summed E-state index contributed by atoms with van der Waals surface area (Å²) in [6.45, 7) is 21.9. The normalized spacial score (nSPS) is 10.7. The van der Waals surface area contributed by atoms with Crippen LogP contribution in [0.5, 0.6) is 0 Å². The molecular formula is C14H34. The minimum atomic E-state index is 0.500. The standard InChI is InChI=1S/C6H14.C5H12.C3H8/c1-5-6(2,3)4;1-5(2,3)4;1-3-2/h5H2,1-4H3;1-4H3;3H2,1-2H3. The SMILES string of the molecule is CC(C)(C)C.CCC.CCC(C)(C)C. The van der Waals surface area contributed by atoms with E-state index in [1.54, 1.807) is 0 Å². The van der Waals surface area contributed by atoms with Crippen LogP contribution in [0.1, 0.15) is 82.1 Å². The Morgan fingerprint density at radius 1 is 0.643 bits per heavy atom. The Labute approximate surface area is 93.5 Å². The highest BCUT2D eigenvalue weighted by molar-refractivity contribution is 4.55. The summed E-state index contributed by atoms with van der Waals surface area (Å²) in [5.74, 6) is 0. The van der Waals surface area contributed by atoms with E-state index in [0.29, 0.717) is 10.8 Å². The highest BCUT2D eigenvalue weighted by Gasteiger charge is 2.03. The maximum Gasteiger partial charge on any atom is -0.0385 e. The van der Waals surface area contributed by atoms with Gasteiger partial charge >= 0.3 is 0 Å². The van der Waals surface area contributed by atoms with Gasteiger partial charge in [-0.05, 0) is 10.8 Å². The maximum atomic E-state index is 2.24. The van der Waals surface area contributed by atoms with Crippen LogP contribution >= 0.6 is 0 Å². The Hall–Kier alpha value is 0. The average molecular weight is 202 g/mol. The van der Waals surface area contributed by atoms with Crippen molar-refractivity contribution in [1.82, 2.24) is 0 Å². The van der Waals surface area contributed by atoms with Crippen LogP contribution in [0.3, 0.4) is 0 Å². The molecule has 0 heteroatoms. The molecule has 0 aliphatic carbocycles. The van der Waals surface area contributed by atoms with Gasteiger partial charge < -0.3 is 0 Å². The lowest BCUT2D eigenvalue weighted by atomic mass is 9.94. The maximum absolute atomic E-state index is 2.24. The molecule has 0 fully saturated rings. The fraction of sp³-hybridized carbons (Fsp3) is 1.00. The van der Waals surface area contributed by atoms with E-state index in [1.165, 1.54) is 12.8 Å². The molecule has 0 rings (SSSR count). The Morgan fingerprint density at radius 3 is 0.714 bits per heavy atom. The van der Waals surface area contributed by atoms with Crippen molar-refractivity contribution in [1.29, 1.82) is 0 Å². The minimum Gasteiger partial charge on any atom is -0.0656 e. The van der Waals surface area contributed by atoms with Crippen molar-refractivity contribution in [2.45, 2.75) is 82.1 Å². The fourth-order valence-corrected chi connectivity index (χ4v) is 0. The highest BCUT2D eigenvalue weighted by atomic mass is 14.1. The Balaban J connectivity index is -0.000000138. The van der Waals surface area contributed by atoms with Crippen LogP contribution in [-0.2, 0) is 0 Å². The quantitative estimate of drug-likeness (QED) is 0.458. The van der Waals surface area contributed by atoms with Crippen molar-refractivity contribution in [2.24, 2.45) is 10.8 Å². The second kappa shape index (κ2) is 9.55. The average Bonchev–Trinajstić information content (AvgIpc) is 1.84. The molecule has 90 valence electrons. The van der Waals surface area contributed by atoms with Crippen molar-refractivity contribution >= 4 is 0 Å². The van der Waals surface area contributed by atoms with E-state index in [1.807, 2.05) is 0 Å². The molecule has 0 aliphatic rings. The van der Waals surface area contributed by atoms with E-state index in [9.17, 15) is 0 Å². The first kappa shape index (κ1) is 19.6. The zero-order chi connectivity index (χ0) is 12.4. The third kappa shape index (κ3) is 161. The van der Waals surface area contributed by atoms with Gasteiger partial charge in [0.2, 0.25) is 0 Å². The molecule has 0 unspecified atom stereocenters. The molecule has 0 nitrogen and oxygen atoms in total. The summed E-state index contributed by atoms with van der Waals surface area (Å²) < 4.78 is 0. The van der Waals surface area contributed by atoms with Crippen LogP contribution in [0.2, 0.25) is 0 Å². The number of rotatable bonds is 0. The molecule has 14 heavy (non-hydrogen) atoms.